The van der Waals surface area contributed by atoms with Crippen LogP contribution in [0.25, 0.3) is 0 Å². The maximum atomic E-state index is 2.38. The molecule has 2 atom stereocenters. The molecule has 0 aromatic rings. The van der Waals surface area contributed by atoms with Crippen molar-refractivity contribution in [2.24, 2.45) is 11.8 Å². The Balaban J connectivity index is 3.69. The zero-order valence-corrected chi connectivity index (χ0v) is 10.1. The smallest absolute Gasteiger partial charge is 0.0320 e. The van der Waals surface area contributed by atoms with E-state index in [4.69, 9.17) is 0 Å². The molecule has 0 aliphatic rings. The summed E-state index contributed by atoms with van der Waals surface area (Å²) in [5, 5.41) is 0. The molecule has 0 spiro atoms. The molecule has 13 heavy (non-hydrogen) atoms. The molecule has 0 saturated carbocycles. The molecule has 0 rings (SSSR count). The Morgan fingerprint density at radius 2 is 1.77 bits per heavy atom. The van der Waals surface area contributed by atoms with Crippen molar-refractivity contribution in [3.8, 4) is 0 Å². The fourth-order valence-corrected chi connectivity index (χ4v) is 1.59. The molecule has 0 aliphatic carbocycles. The first-order valence-corrected chi connectivity index (χ1v) is 5.77. The lowest BCUT2D eigenvalue weighted by atomic mass is 9.88. The maximum absolute atomic E-state index is 2.38. The number of allylic oxidation sites excluding steroid dienone is 2. The van der Waals surface area contributed by atoms with Gasteiger partial charge in [-0.1, -0.05) is 45.8 Å². The predicted octanol–water partition coefficient (Wildman–Crippen LogP) is 4.81. The molecule has 78 valence electrons. The summed E-state index contributed by atoms with van der Waals surface area (Å²) in [6, 6.07) is 0. The van der Waals surface area contributed by atoms with E-state index in [2.05, 4.69) is 40.7 Å². The molecule has 0 nitrogen and oxygen atoms in total. The summed E-state index contributed by atoms with van der Waals surface area (Å²) in [5.41, 5.74) is 1.57. The Morgan fingerprint density at radius 3 is 2.23 bits per heavy atom. The summed E-state index contributed by atoms with van der Waals surface area (Å²) >= 11 is 0. The molecule has 0 heterocycles. The van der Waals surface area contributed by atoms with E-state index in [1.54, 1.807) is 5.57 Å². The monoisotopic (exact) mass is 182 g/mol. The Hall–Kier alpha value is -0.260. The highest BCUT2D eigenvalue weighted by molar-refractivity contribution is 4.97. The SMILES string of the molecule is CCC=C(C)CCC(C)C(C)CC. The highest BCUT2D eigenvalue weighted by Gasteiger charge is 2.09. The topological polar surface area (TPSA) is 0 Å². The summed E-state index contributed by atoms with van der Waals surface area (Å²) < 4.78 is 0. The van der Waals surface area contributed by atoms with E-state index in [-0.39, 0.29) is 0 Å². The Kier molecular flexibility index (Phi) is 7.03. The molecule has 0 radical (unpaired) electrons. The molecule has 0 fully saturated rings. The molecular formula is C13H26. The maximum Gasteiger partial charge on any atom is -0.0320 e. The van der Waals surface area contributed by atoms with Gasteiger partial charge in [0.2, 0.25) is 0 Å². The molecule has 0 amide bonds. The summed E-state index contributed by atoms with van der Waals surface area (Å²) in [6.45, 7) is 11.5. The van der Waals surface area contributed by atoms with Crippen molar-refractivity contribution in [2.45, 2.75) is 60.3 Å². The summed E-state index contributed by atoms with van der Waals surface area (Å²) in [7, 11) is 0. The molecule has 0 aromatic carbocycles. The first-order valence-electron chi connectivity index (χ1n) is 5.77. The molecule has 0 bridgehead atoms. The average molecular weight is 182 g/mol. The second-order valence-corrected chi connectivity index (χ2v) is 4.36. The molecular weight excluding hydrogens is 156 g/mol. The molecule has 0 N–H and O–H groups in total. The van der Waals surface area contributed by atoms with E-state index >= 15 is 0 Å². The largest absolute Gasteiger partial charge is 0.0859 e. The fourth-order valence-electron chi connectivity index (χ4n) is 1.59. The second kappa shape index (κ2) is 7.17. The van der Waals surface area contributed by atoms with Crippen molar-refractivity contribution in [1.29, 1.82) is 0 Å². The van der Waals surface area contributed by atoms with Crippen molar-refractivity contribution in [3.63, 3.8) is 0 Å². The van der Waals surface area contributed by atoms with Crippen LogP contribution in [0.15, 0.2) is 11.6 Å². The number of hydrogen-bond acceptors (Lipinski definition) is 0. The third-order valence-electron chi connectivity index (χ3n) is 3.16. The number of hydrogen-bond donors (Lipinski definition) is 0. The third-order valence-corrected chi connectivity index (χ3v) is 3.16. The van der Waals surface area contributed by atoms with E-state index < -0.39 is 0 Å². The Morgan fingerprint density at radius 1 is 1.15 bits per heavy atom. The van der Waals surface area contributed by atoms with Gasteiger partial charge in [0.25, 0.3) is 0 Å². The van der Waals surface area contributed by atoms with Gasteiger partial charge in [0, 0.05) is 0 Å². The van der Waals surface area contributed by atoms with Gasteiger partial charge in [-0.15, -0.1) is 0 Å². The van der Waals surface area contributed by atoms with E-state index in [9.17, 15) is 0 Å². The van der Waals surface area contributed by atoms with Crippen LogP contribution < -0.4 is 0 Å². The standard InChI is InChI=1S/C13H26/c1-6-8-11(3)9-10-13(5)12(4)7-2/h8,12-13H,6-7,9-10H2,1-5H3. The van der Waals surface area contributed by atoms with Gasteiger partial charge in [-0.3, -0.25) is 0 Å². The van der Waals surface area contributed by atoms with Crippen LogP contribution in [-0.4, -0.2) is 0 Å². The van der Waals surface area contributed by atoms with Gasteiger partial charge in [-0.2, -0.15) is 0 Å². The van der Waals surface area contributed by atoms with E-state index in [0.29, 0.717) is 0 Å². The van der Waals surface area contributed by atoms with Crippen molar-refractivity contribution < 1.29 is 0 Å². The molecule has 0 saturated heterocycles. The minimum Gasteiger partial charge on any atom is -0.0859 e. The third kappa shape index (κ3) is 5.90. The molecule has 2 unspecified atom stereocenters. The van der Waals surface area contributed by atoms with Gasteiger partial charge in [-0.25, -0.2) is 0 Å². The minimum absolute atomic E-state index is 0.880. The van der Waals surface area contributed by atoms with Crippen LogP contribution >= 0.6 is 0 Å². The Labute approximate surface area is 84.4 Å². The van der Waals surface area contributed by atoms with Crippen LogP contribution in [0, 0.1) is 11.8 Å². The molecule has 0 heteroatoms. The van der Waals surface area contributed by atoms with Crippen molar-refractivity contribution in [1.82, 2.24) is 0 Å². The molecule has 0 aliphatic heterocycles. The van der Waals surface area contributed by atoms with Gasteiger partial charge >= 0.3 is 0 Å². The van der Waals surface area contributed by atoms with Gasteiger partial charge in [0.1, 0.15) is 0 Å². The van der Waals surface area contributed by atoms with Gasteiger partial charge in [0.05, 0.1) is 0 Å². The fraction of sp³-hybridized carbons (Fsp3) is 0.846. The van der Waals surface area contributed by atoms with Crippen LogP contribution in [0.2, 0.25) is 0 Å². The number of rotatable bonds is 6. The summed E-state index contributed by atoms with van der Waals surface area (Å²) in [5.74, 6) is 1.76. The zero-order chi connectivity index (χ0) is 10.3. The Bertz CT molecular complexity index is 144. The van der Waals surface area contributed by atoms with Crippen molar-refractivity contribution >= 4 is 0 Å². The highest BCUT2D eigenvalue weighted by Crippen LogP contribution is 2.21. The van der Waals surface area contributed by atoms with Gasteiger partial charge in [0.15, 0.2) is 0 Å². The first-order chi connectivity index (χ1) is 6.11. The normalized spacial score (nSPS) is 17.2. The first kappa shape index (κ1) is 12.7. The van der Waals surface area contributed by atoms with Gasteiger partial charge in [-0.05, 0) is 38.0 Å². The van der Waals surface area contributed by atoms with Crippen LogP contribution in [0.4, 0.5) is 0 Å². The average Bonchev–Trinajstić information content (AvgIpc) is 2.13. The lowest BCUT2D eigenvalue weighted by Crippen LogP contribution is -2.06. The summed E-state index contributed by atoms with van der Waals surface area (Å²) in [6.07, 6.45) is 7.50. The quantitative estimate of drug-likeness (QED) is 0.517. The summed E-state index contributed by atoms with van der Waals surface area (Å²) in [4.78, 5) is 0. The lowest BCUT2D eigenvalue weighted by Gasteiger charge is -2.18. The van der Waals surface area contributed by atoms with Crippen LogP contribution in [0.5, 0.6) is 0 Å². The van der Waals surface area contributed by atoms with Gasteiger partial charge < -0.3 is 0 Å². The molecule has 0 aromatic heterocycles. The predicted molar refractivity (Wildman–Crippen MR) is 61.9 cm³/mol. The van der Waals surface area contributed by atoms with Crippen LogP contribution in [0.1, 0.15) is 60.3 Å². The van der Waals surface area contributed by atoms with Crippen molar-refractivity contribution in [3.05, 3.63) is 11.6 Å². The van der Waals surface area contributed by atoms with E-state index in [1.165, 1.54) is 25.7 Å². The van der Waals surface area contributed by atoms with Crippen LogP contribution in [-0.2, 0) is 0 Å². The zero-order valence-electron chi connectivity index (χ0n) is 10.1. The van der Waals surface area contributed by atoms with E-state index in [0.717, 1.165) is 11.8 Å². The van der Waals surface area contributed by atoms with Crippen molar-refractivity contribution in [2.75, 3.05) is 0 Å². The lowest BCUT2D eigenvalue weighted by molar-refractivity contribution is 0.355. The van der Waals surface area contributed by atoms with Crippen LogP contribution in [0.3, 0.4) is 0 Å². The highest BCUT2D eigenvalue weighted by atomic mass is 14.1. The van der Waals surface area contributed by atoms with E-state index in [1.807, 2.05) is 0 Å². The second-order valence-electron chi connectivity index (χ2n) is 4.36. The minimum atomic E-state index is 0.880.